The van der Waals surface area contributed by atoms with Crippen molar-refractivity contribution in [2.75, 3.05) is 27.4 Å². The predicted molar refractivity (Wildman–Crippen MR) is 128 cm³/mol. The van der Waals surface area contributed by atoms with Gasteiger partial charge < -0.3 is 20.1 Å². The van der Waals surface area contributed by atoms with Gasteiger partial charge in [-0.05, 0) is 18.6 Å². The van der Waals surface area contributed by atoms with Crippen LogP contribution in [0.5, 0.6) is 5.75 Å². The number of methoxy groups -OCH3 is 1. The fourth-order valence-electron chi connectivity index (χ4n) is 3.00. The Balaban J connectivity index is 1.53. The zero-order chi connectivity index (χ0) is 21.9. The highest BCUT2D eigenvalue weighted by atomic mass is 32.1. The van der Waals surface area contributed by atoms with Crippen LogP contribution in [0.3, 0.4) is 0 Å². The number of hydrogen-bond donors (Lipinski definition) is 2. The summed E-state index contributed by atoms with van der Waals surface area (Å²) in [5.41, 5.74) is 4.39. The first-order chi connectivity index (χ1) is 15.2. The maximum atomic E-state index is 5.97. The normalized spacial score (nSPS) is 11.4. The quantitative estimate of drug-likeness (QED) is 0.279. The first-order valence-electron chi connectivity index (χ1n) is 10.3. The maximum absolute atomic E-state index is 5.97. The molecule has 3 rings (SSSR count). The summed E-state index contributed by atoms with van der Waals surface area (Å²) in [6.07, 6.45) is 0.860. The second-order valence-electron chi connectivity index (χ2n) is 7.10. The molecule has 0 radical (unpaired) electrons. The molecule has 0 saturated heterocycles. The van der Waals surface area contributed by atoms with E-state index < -0.39 is 0 Å². The third-order valence-electron chi connectivity index (χ3n) is 4.65. The van der Waals surface area contributed by atoms with Crippen molar-refractivity contribution in [3.63, 3.8) is 0 Å². The summed E-state index contributed by atoms with van der Waals surface area (Å²) in [4.78, 5) is 9.05. The van der Waals surface area contributed by atoms with Crippen LogP contribution in [0.1, 0.15) is 23.2 Å². The standard InChI is InChI=1S/C24H30N4O2S/c1-18-10-11-20(22(14-18)30-13-7-12-29-3)15-26-24(25-2)27-16-21-17-31-23(28-21)19-8-5-4-6-9-19/h4-6,8-11,14,17H,7,12-13,15-16H2,1-3H3,(H2,25,26,27). The van der Waals surface area contributed by atoms with Crippen molar-refractivity contribution in [2.45, 2.75) is 26.4 Å². The van der Waals surface area contributed by atoms with E-state index in [0.29, 0.717) is 26.3 Å². The summed E-state index contributed by atoms with van der Waals surface area (Å²) in [6.45, 7) is 4.61. The number of hydrogen-bond acceptors (Lipinski definition) is 5. The van der Waals surface area contributed by atoms with E-state index in [4.69, 9.17) is 14.5 Å². The molecule has 0 fully saturated rings. The van der Waals surface area contributed by atoms with Crippen molar-refractivity contribution < 1.29 is 9.47 Å². The average molecular weight is 439 g/mol. The lowest BCUT2D eigenvalue weighted by Crippen LogP contribution is -2.36. The van der Waals surface area contributed by atoms with Gasteiger partial charge in [-0.2, -0.15) is 0 Å². The molecule has 0 aliphatic carbocycles. The second-order valence-corrected chi connectivity index (χ2v) is 7.95. The number of nitrogens with one attached hydrogen (secondary N) is 2. The van der Waals surface area contributed by atoms with Crippen molar-refractivity contribution in [1.29, 1.82) is 0 Å². The molecular weight excluding hydrogens is 408 g/mol. The van der Waals surface area contributed by atoms with Gasteiger partial charge in [0.05, 0.1) is 18.8 Å². The molecule has 0 unspecified atom stereocenters. The molecule has 1 aromatic heterocycles. The van der Waals surface area contributed by atoms with Gasteiger partial charge >= 0.3 is 0 Å². The summed E-state index contributed by atoms with van der Waals surface area (Å²) in [5.74, 6) is 1.62. The Morgan fingerprint density at radius 1 is 1.06 bits per heavy atom. The van der Waals surface area contributed by atoms with Gasteiger partial charge in [0.25, 0.3) is 0 Å². The molecule has 0 aliphatic rings. The minimum atomic E-state index is 0.608. The number of aromatic nitrogens is 1. The molecule has 2 N–H and O–H groups in total. The Morgan fingerprint density at radius 3 is 2.65 bits per heavy atom. The highest BCUT2D eigenvalue weighted by molar-refractivity contribution is 7.13. The maximum Gasteiger partial charge on any atom is 0.191 e. The van der Waals surface area contributed by atoms with Crippen LogP contribution in [0, 0.1) is 6.92 Å². The van der Waals surface area contributed by atoms with Gasteiger partial charge in [0.1, 0.15) is 10.8 Å². The van der Waals surface area contributed by atoms with Crippen molar-refractivity contribution >= 4 is 17.3 Å². The third kappa shape index (κ3) is 7.08. The smallest absolute Gasteiger partial charge is 0.191 e. The van der Waals surface area contributed by atoms with E-state index in [2.05, 4.69) is 58.3 Å². The van der Waals surface area contributed by atoms with E-state index in [1.165, 1.54) is 5.56 Å². The molecule has 7 heteroatoms. The number of guanidine groups is 1. The summed E-state index contributed by atoms with van der Waals surface area (Å²) >= 11 is 1.65. The Labute approximate surface area is 188 Å². The van der Waals surface area contributed by atoms with Crippen LogP contribution >= 0.6 is 11.3 Å². The topological polar surface area (TPSA) is 67.8 Å². The molecule has 0 saturated carbocycles. The minimum absolute atomic E-state index is 0.608. The molecule has 1 heterocycles. The molecule has 0 atom stereocenters. The predicted octanol–water partition coefficient (Wildman–Crippen LogP) is 4.40. The number of aliphatic imine (C=N–C) groups is 1. The Morgan fingerprint density at radius 2 is 1.87 bits per heavy atom. The third-order valence-corrected chi connectivity index (χ3v) is 5.59. The fourth-order valence-corrected chi connectivity index (χ4v) is 3.83. The number of aryl methyl sites for hydroxylation is 1. The first-order valence-corrected chi connectivity index (χ1v) is 11.2. The van der Waals surface area contributed by atoms with E-state index >= 15 is 0 Å². The van der Waals surface area contributed by atoms with Crippen LogP contribution < -0.4 is 15.4 Å². The monoisotopic (exact) mass is 438 g/mol. The largest absolute Gasteiger partial charge is 0.493 e. The lowest BCUT2D eigenvalue weighted by atomic mass is 10.1. The van der Waals surface area contributed by atoms with Gasteiger partial charge in [-0.3, -0.25) is 4.99 Å². The Bertz CT molecular complexity index is 973. The fraction of sp³-hybridized carbons (Fsp3) is 0.333. The number of nitrogens with zero attached hydrogens (tertiary/aromatic N) is 2. The average Bonchev–Trinajstić information content (AvgIpc) is 3.27. The lowest BCUT2D eigenvalue weighted by Gasteiger charge is -2.15. The van der Waals surface area contributed by atoms with Crippen LogP contribution in [0.4, 0.5) is 0 Å². The van der Waals surface area contributed by atoms with Crippen molar-refractivity contribution in [2.24, 2.45) is 4.99 Å². The number of rotatable bonds is 10. The second kappa shape index (κ2) is 12.1. The molecule has 164 valence electrons. The van der Waals surface area contributed by atoms with Gasteiger partial charge in [0.2, 0.25) is 0 Å². The zero-order valence-corrected chi connectivity index (χ0v) is 19.2. The van der Waals surface area contributed by atoms with Crippen LogP contribution in [-0.4, -0.2) is 38.3 Å². The van der Waals surface area contributed by atoms with Gasteiger partial charge in [0, 0.05) is 50.2 Å². The van der Waals surface area contributed by atoms with Crippen molar-refractivity contribution in [3.8, 4) is 16.3 Å². The van der Waals surface area contributed by atoms with E-state index in [0.717, 1.165) is 40.0 Å². The SMILES string of the molecule is CN=C(NCc1csc(-c2ccccc2)n1)NCc1ccc(C)cc1OCCCOC. The van der Waals surface area contributed by atoms with E-state index in [1.54, 1.807) is 25.5 Å². The van der Waals surface area contributed by atoms with Crippen LogP contribution in [0.2, 0.25) is 0 Å². The lowest BCUT2D eigenvalue weighted by molar-refractivity contribution is 0.171. The summed E-state index contributed by atoms with van der Waals surface area (Å²) in [7, 11) is 3.47. The van der Waals surface area contributed by atoms with Gasteiger partial charge in [-0.15, -0.1) is 11.3 Å². The zero-order valence-electron chi connectivity index (χ0n) is 18.4. The Hall–Kier alpha value is -2.90. The Kier molecular flexibility index (Phi) is 8.87. The summed E-state index contributed by atoms with van der Waals surface area (Å²) in [6, 6.07) is 16.5. The van der Waals surface area contributed by atoms with Crippen LogP contribution in [0.15, 0.2) is 58.9 Å². The minimum Gasteiger partial charge on any atom is -0.493 e. The van der Waals surface area contributed by atoms with E-state index in [-0.39, 0.29) is 0 Å². The molecule has 3 aromatic rings. The molecule has 0 spiro atoms. The summed E-state index contributed by atoms with van der Waals surface area (Å²) < 4.78 is 11.1. The molecule has 31 heavy (non-hydrogen) atoms. The highest BCUT2D eigenvalue weighted by Crippen LogP contribution is 2.23. The van der Waals surface area contributed by atoms with Gasteiger partial charge in [-0.25, -0.2) is 4.98 Å². The number of thiazole rings is 1. The summed E-state index contributed by atoms with van der Waals surface area (Å²) in [5, 5.41) is 9.80. The molecule has 0 bridgehead atoms. The first kappa shape index (κ1) is 22.8. The van der Waals surface area contributed by atoms with Gasteiger partial charge in [0.15, 0.2) is 5.96 Å². The molecule has 6 nitrogen and oxygen atoms in total. The number of ether oxygens (including phenoxy) is 2. The molecule has 0 amide bonds. The van der Waals surface area contributed by atoms with E-state index in [9.17, 15) is 0 Å². The molecular formula is C24H30N4O2S. The van der Waals surface area contributed by atoms with Crippen LogP contribution in [-0.2, 0) is 17.8 Å². The highest BCUT2D eigenvalue weighted by Gasteiger charge is 2.08. The van der Waals surface area contributed by atoms with Gasteiger partial charge in [-0.1, -0.05) is 42.5 Å². The molecule has 0 aliphatic heterocycles. The molecule has 2 aromatic carbocycles. The van der Waals surface area contributed by atoms with Crippen molar-refractivity contribution in [1.82, 2.24) is 15.6 Å². The number of benzene rings is 2. The van der Waals surface area contributed by atoms with Crippen molar-refractivity contribution in [3.05, 3.63) is 70.7 Å². The van der Waals surface area contributed by atoms with Crippen LogP contribution in [0.25, 0.3) is 10.6 Å². The van der Waals surface area contributed by atoms with E-state index in [1.807, 2.05) is 18.2 Å².